The van der Waals surface area contributed by atoms with Crippen LogP contribution in [0.4, 0.5) is 8.78 Å². The first kappa shape index (κ1) is 15.9. The van der Waals surface area contributed by atoms with Gasteiger partial charge in [-0.05, 0) is 58.7 Å². The summed E-state index contributed by atoms with van der Waals surface area (Å²) < 4.78 is 27.7. The van der Waals surface area contributed by atoms with Gasteiger partial charge in [-0.3, -0.25) is 0 Å². The molecule has 1 aromatic heterocycles. The summed E-state index contributed by atoms with van der Waals surface area (Å²) in [5, 5.41) is 3.48. The van der Waals surface area contributed by atoms with Crippen molar-refractivity contribution in [1.29, 1.82) is 0 Å². The molecule has 0 bridgehead atoms. The topological polar surface area (TPSA) is 12.0 Å². The van der Waals surface area contributed by atoms with Crippen LogP contribution in [0.1, 0.15) is 29.0 Å². The lowest BCUT2D eigenvalue weighted by molar-refractivity contribution is 0.504. The van der Waals surface area contributed by atoms with E-state index in [1.54, 1.807) is 11.3 Å². The Morgan fingerprint density at radius 1 is 1.30 bits per heavy atom. The van der Waals surface area contributed by atoms with Crippen molar-refractivity contribution in [1.82, 2.24) is 5.32 Å². The van der Waals surface area contributed by atoms with Crippen molar-refractivity contribution in [3.05, 3.63) is 54.6 Å². The average molecular weight is 381 g/mol. The number of nitrogens with one attached hydrogen (secondary N) is 1. The molecule has 0 radical (unpaired) electrons. The van der Waals surface area contributed by atoms with Gasteiger partial charge in [-0.25, -0.2) is 8.78 Å². The van der Waals surface area contributed by atoms with Gasteiger partial charge < -0.3 is 5.32 Å². The molecule has 0 saturated carbocycles. The smallest absolute Gasteiger partial charge is 0.160 e. The Bertz CT molecular complexity index is 610. The second-order valence-corrected chi connectivity index (χ2v) is 7.19. The highest BCUT2D eigenvalue weighted by molar-refractivity contribution is 9.11. The van der Waals surface area contributed by atoms with E-state index in [0.717, 1.165) is 26.4 Å². The lowest BCUT2D eigenvalue weighted by Gasteiger charge is -2.18. The Morgan fingerprint density at radius 3 is 2.50 bits per heavy atom. The molecule has 1 unspecified atom stereocenters. The summed E-state index contributed by atoms with van der Waals surface area (Å²) in [5.74, 6) is -1.82. The molecule has 2 rings (SSSR count). The predicted molar refractivity (Wildman–Crippen MR) is 83.6 cm³/mol. The molecule has 1 aromatic carbocycles. The fourth-order valence-corrected chi connectivity index (χ4v) is 3.88. The lowest BCUT2D eigenvalue weighted by atomic mass is 10.0. The summed E-state index contributed by atoms with van der Waals surface area (Å²) >= 11 is 11.1. The van der Waals surface area contributed by atoms with Gasteiger partial charge >= 0.3 is 0 Å². The molecule has 0 amide bonds. The average Bonchev–Trinajstić information content (AvgIpc) is 2.71. The van der Waals surface area contributed by atoms with Crippen LogP contribution in [-0.2, 0) is 0 Å². The normalized spacial score (nSPS) is 12.7. The van der Waals surface area contributed by atoms with Gasteiger partial charge in [0.2, 0.25) is 0 Å². The van der Waals surface area contributed by atoms with E-state index >= 15 is 0 Å². The summed E-state index contributed by atoms with van der Waals surface area (Å²) in [4.78, 5) is 1.00. The van der Waals surface area contributed by atoms with Crippen LogP contribution in [0.3, 0.4) is 0 Å². The van der Waals surface area contributed by atoms with Crippen LogP contribution >= 0.6 is 38.9 Å². The van der Waals surface area contributed by atoms with Crippen molar-refractivity contribution in [2.45, 2.75) is 19.9 Å². The third kappa shape index (κ3) is 3.22. The van der Waals surface area contributed by atoms with Gasteiger partial charge in [0, 0.05) is 9.90 Å². The molecule has 2 aromatic rings. The van der Waals surface area contributed by atoms with Gasteiger partial charge in [-0.15, -0.1) is 11.3 Å². The summed E-state index contributed by atoms with van der Waals surface area (Å²) in [6, 6.07) is 3.94. The molecular weight excluding hydrogens is 368 g/mol. The zero-order valence-electron chi connectivity index (χ0n) is 10.9. The molecule has 0 aliphatic heterocycles. The van der Waals surface area contributed by atoms with Crippen molar-refractivity contribution in [2.75, 3.05) is 6.54 Å². The van der Waals surface area contributed by atoms with E-state index in [1.165, 1.54) is 0 Å². The highest BCUT2D eigenvalue weighted by Gasteiger charge is 2.21. The lowest BCUT2D eigenvalue weighted by Crippen LogP contribution is -2.21. The third-order valence-corrected chi connectivity index (χ3v) is 5.45. The zero-order valence-corrected chi connectivity index (χ0v) is 14.1. The number of rotatable bonds is 4. The van der Waals surface area contributed by atoms with Gasteiger partial charge in [-0.1, -0.05) is 18.5 Å². The second kappa shape index (κ2) is 6.52. The van der Waals surface area contributed by atoms with E-state index in [1.807, 2.05) is 19.9 Å². The molecular formula is C14H13BrClF2NS. The number of hydrogen-bond acceptors (Lipinski definition) is 2. The molecule has 0 aliphatic rings. The Balaban J connectivity index is 2.50. The molecule has 0 spiro atoms. The predicted octanol–water partition coefficient (Wildman–Crippen LogP) is 5.45. The van der Waals surface area contributed by atoms with Crippen molar-refractivity contribution in [3.63, 3.8) is 0 Å². The highest BCUT2D eigenvalue weighted by Crippen LogP contribution is 2.37. The number of benzene rings is 1. The van der Waals surface area contributed by atoms with Crippen LogP contribution in [0, 0.1) is 18.6 Å². The maximum absolute atomic E-state index is 13.5. The molecule has 6 heteroatoms. The molecule has 0 aliphatic carbocycles. The van der Waals surface area contributed by atoms with Crippen LogP contribution in [0.15, 0.2) is 22.0 Å². The molecule has 0 saturated heterocycles. The molecule has 1 heterocycles. The first-order valence-electron chi connectivity index (χ1n) is 6.07. The van der Waals surface area contributed by atoms with E-state index in [9.17, 15) is 8.78 Å². The summed E-state index contributed by atoms with van der Waals surface area (Å²) in [6.45, 7) is 4.63. The first-order chi connectivity index (χ1) is 9.43. The third-order valence-electron chi connectivity index (χ3n) is 2.92. The number of halogens is 4. The van der Waals surface area contributed by atoms with Crippen LogP contribution in [0.5, 0.6) is 0 Å². The van der Waals surface area contributed by atoms with Crippen molar-refractivity contribution in [3.8, 4) is 0 Å². The minimum Gasteiger partial charge on any atom is -0.306 e. The molecule has 108 valence electrons. The summed E-state index contributed by atoms with van der Waals surface area (Å²) in [7, 11) is 0. The molecule has 1 N–H and O–H groups in total. The standard InChI is InChI=1S/C14H13BrClF2NS/c1-3-19-13(12-4-7(2)14(15)20-12)8-5-10(17)11(18)6-9(8)16/h4-6,13,19H,3H2,1-2H3. The van der Waals surface area contributed by atoms with Crippen molar-refractivity contribution >= 4 is 38.9 Å². The summed E-state index contributed by atoms with van der Waals surface area (Å²) in [6.07, 6.45) is 0. The molecule has 20 heavy (non-hydrogen) atoms. The van der Waals surface area contributed by atoms with Gasteiger partial charge in [0.05, 0.1) is 9.83 Å². The van der Waals surface area contributed by atoms with Gasteiger partial charge in [0.25, 0.3) is 0 Å². The van der Waals surface area contributed by atoms with E-state index < -0.39 is 11.6 Å². The van der Waals surface area contributed by atoms with Crippen molar-refractivity contribution in [2.24, 2.45) is 0 Å². The molecule has 1 nitrogen and oxygen atoms in total. The van der Waals surface area contributed by atoms with E-state index in [2.05, 4.69) is 21.2 Å². The van der Waals surface area contributed by atoms with E-state index in [0.29, 0.717) is 12.1 Å². The van der Waals surface area contributed by atoms with Crippen LogP contribution in [-0.4, -0.2) is 6.54 Å². The minimum atomic E-state index is -0.933. The maximum Gasteiger partial charge on any atom is 0.160 e. The zero-order chi connectivity index (χ0) is 14.9. The first-order valence-corrected chi connectivity index (χ1v) is 8.06. The van der Waals surface area contributed by atoms with Gasteiger partial charge in [0.15, 0.2) is 11.6 Å². The van der Waals surface area contributed by atoms with E-state index in [-0.39, 0.29) is 11.1 Å². The fraction of sp³-hybridized carbons (Fsp3) is 0.286. The van der Waals surface area contributed by atoms with Crippen LogP contribution < -0.4 is 5.32 Å². The maximum atomic E-state index is 13.5. The van der Waals surface area contributed by atoms with Gasteiger partial charge in [-0.2, -0.15) is 0 Å². The SMILES string of the molecule is CCNC(c1cc(C)c(Br)s1)c1cc(F)c(F)cc1Cl. The number of thiophene rings is 1. The van der Waals surface area contributed by atoms with Crippen LogP contribution in [0.25, 0.3) is 0 Å². The molecule has 0 fully saturated rings. The summed E-state index contributed by atoms with van der Waals surface area (Å²) in [5.41, 5.74) is 1.65. The fourth-order valence-electron chi connectivity index (χ4n) is 1.95. The Kier molecular flexibility index (Phi) is 5.18. The Hall–Kier alpha value is -0.490. The Labute approximate surface area is 134 Å². The second-order valence-electron chi connectivity index (χ2n) is 4.38. The number of aryl methyl sites for hydroxylation is 1. The van der Waals surface area contributed by atoms with Crippen molar-refractivity contribution < 1.29 is 8.78 Å². The highest BCUT2D eigenvalue weighted by atomic mass is 79.9. The molecule has 1 atom stereocenters. The Morgan fingerprint density at radius 2 is 1.95 bits per heavy atom. The quantitative estimate of drug-likeness (QED) is 0.696. The minimum absolute atomic E-state index is 0.219. The van der Waals surface area contributed by atoms with Crippen LogP contribution in [0.2, 0.25) is 5.02 Å². The van der Waals surface area contributed by atoms with Gasteiger partial charge in [0.1, 0.15) is 0 Å². The van der Waals surface area contributed by atoms with E-state index in [4.69, 9.17) is 11.6 Å². The monoisotopic (exact) mass is 379 g/mol. The number of hydrogen-bond donors (Lipinski definition) is 1. The largest absolute Gasteiger partial charge is 0.306 e.